The molecule has 0 aromatic heterocycles. The molecule has 0 aliphatic rings. The summed E-state index contributed by atoms with van der Waals surface area (Å²) in [5.41, 5.74) is -2.39. The van der Waals surface area contributed by atoms with E-state index in [1.807, 2.05) is 33.8 Å². The summed E-state index contributed by atoms with van der Waals surface area (Å²) in [6, 6.07) is 37.6. The van der Waals surface area contributed by atoms with Crippen LogP contribution in [0.25, 0.3) is 0 Å². The molecule has 0 atom stereocenters. The van der Waals surface area contributed by atoms with E-state index in [0.29, 0.717) is 40.8 Å². The average Bonchev–Trinajstić information content (AvgIpc) is 3.30. The maximum absolute atomic E-state index is 15.0. The molecule has 0 fully saturated rings. The van der Waals surface area contributed by atoms with Gasteiger partial charge in [0.05, 0.1) is 11.5 Å². The topological polar surface area (TPSA) is 96.0 Å². The van der Waals surface area contributed by atoms with Crippen molar-refractivity contribution in [1.82, 2.24) is 0 Å². The first-order valence-electron chi connectivity index (χ1n) is 21.6. The maximum Gasteiger partial charge on any atom is 0.411 e. The van der Waals surface area contributed by atoms with E-state index >= 15 is 0 Å². The van der Waals surface area contributed by atoms with Crippen LogP contribution in [-0.4, -0.2) is 38.9 Å². The van der Waals surface area contributed by atoms with E-state index in [0.717, 1.165) is 53.1 Å². The fraction of sp³-hybridized carbons (Fsp3) is 0.200. The molecular formula is C55H46F6O7S. The van der Waals surface area contributed by atoms with E-state index < -0.39 is 39.0 Å². The molecular weight excluding hydrogens is 919 g/mol. The van der Waals surface area contributed by atoms with Crippen molar-refractivity contribution >= 4 is 21.7 Å². The molecule has 0 spiro atoms. The second kappa shape index (κ2) is 19.5. The van der Waals surface area contributed by atoms with Gasteiger partial charge in [-0.15, -0.1) is 0 Å². The molecule has 7 nitrogen and oxygen atoms in total. The fourth-order valence-corrected chi connectivity index (χ4v) is 8.93. The zero-order valence-electron chi connectivity index (χ0n) is 38.0. The highest BCUT2D eigenvalue weighted by molar-refractivity contribution is 7.86. The smallest absolute Gasteiger partial charge is 0.411 e. The first kappa shape index (κ1) is 49.9. The zero-order chi connectivity index (χ0) is 49.9. The van der Waals surface area contributed by atoms with Gasteiger partial charge in [-0.25, -0.2) is 0 Å². The molecule has 0 aliphatic heterocycles. The van der Waals surface area contributed by atoms with Crippen molar-refractivity contribution in [3.63, 3.8) is 0 Å². The molecule has 7 aromatic carbocycles. The van der Waals surface area contributed by atoms with Gasteiger partial charge < -0.3 is 9.47 Å². The van der Waals surface area contributed by atoms with Crippen LogP contribution in [0.4, 0.5) is 26.3 Å². The Kier molecular flexibility index (Phi) is 14.1. The predicted octanol–water partition coefficient (Wildman–Crippen LogP) is 14.1. The van der Waals surface area contributed by atoms with Crippen LogP contribution in [0.3, 0.4) is 0 Å². The Labute approximate surface area is 396 Å². The summed E-state index contributed by atoms with van der Waals surface area (Å²) < 4.78 is 133. The SMILES string of the molecule is Cc1ccc(C(=O)c2ccc(Oc3ccc(C(c4ccc(Oc5ccc(C(=O)c6ccc(Cc7ccc(C)c(S(=O)(=O)OCC(C)(C)C)c7)cc6)cc5)cc4)(C(F)(F)F)C(F)(F)F)cc3)cc2)cc1. The summed E-state index contributed by atoms with van der Waals surface area (Å²) in [5, 5.41) is 0. The number of ether oxygens (including phenoxy) is 2. The minimum absolute atomic E-state index is 0.0260. The number of benzene rings is 7. The van der Waals surface area contributed by atoms with E-state index in [-0.39, 0.29) is 57.0 Å². The molecule has 0 heterocycles. The molecule has 0 unspecified atom stereocenters. The van der Waals surface area contributed by atoms with Gasteiger partial charge in [-0.2, -0.15) is 34.8 Å². The first-order valence-corrected chi connectivity index (χ1v) is 23.0. The minimum atomic E-state index is -5.84. The van der Waals surface area contributed by atoms with Crippen molar-refractivity contribution in [2.24, 2.45) is 5.41 Å². The first-order chi connectivity index (χ1) is 32.4. The number of carbonyl (C=O) groups is 2. The van der Waals surface area contributed by atoms with Gasteiger partial charge in [0.25, 0.3) is 10.1 Å². The Bertz CT molecular complexity index is 3030. The molecule has 0 saturated carbocycles. The molecule has 0 amide bonds. The third-order valence-electron chi connectivity index (χ3n) is 11.2. The summed E-state index contributed by atoms with van der Waals surface area (Å²) >= 11 is 0. The lowest BCUT2D eigenvalue weighted by molar-refractivity contribution is -0.288. The van der Waals surface area contributed by atoms with Crippen LogP contribution in [0.5, 0.6) is 23.0 Å². The predicted molar refractivity (Wildman–Crippen MR) is 250 cm³/mol. The highest BCUT2D eigenvalue weighted by Crippen LogP contribution is 2.56. The molecule has 0 radical (unpaired) electrons. The van der Waals surface area contributed by atoms with Crippen molar-refractivity contribution < 1.29 is 58.0 Å². The van der Waals surface area contributed by atoms with Gasteiger partial charge in [0, 0.05) is 22.3 Å². The second-order valence-corrected chi connectivity index (χ2v) is 19.4. The normalized spacial score (nSPS) is 12.4. The van der Waals surface area contributed by atoms with Gasteiger partial charge in [0.1, 0.15) is 23.0 Å². The number of aryl methyl sites for hydroxylation is 2. The summed E-state index contributed by atoms with van der Waals surface area (Å²) in [6.45, 7) is 9.23. The van der Waals surface area contributed by atoms with E-state index in [2.05, 4.69) is 0 Å². The Balaban J connectivity index is 1.01. The maximum atomic E-state index is 15.0. The summed E-state index contributed by atoms with van der Waals surface area (Å²) in [6.07, 6.45) is -11.3. The number of ketones is 2. The van der Waals surface area contributed by atoms with Crippen LogP contribution < -0.4 is 9.47 Å². The molecule has 0 aliphatic carbocycles. The van der Waals surface area contributed by atoms with Crippen LogP contribution in [0.1, 0.15) is 86.0 Å². The van der Waals surface area contributed by atoms with Crippen LogP contribution >= 0.6 is 0 Å². The van der Waals surface area contributed by atoms with Gasteiger partial charge >= 0.3 is 12.4 Å². The van der Waals surface area contributed by atoms with Crippen molar-refractivity contribution in [1.29, 1.82) is 0 Å². The van der Waals surface area contributed by atoms with Crippen molar-refractivity contribution in [2.45, 2.75) is 63.7 Å². The number of hydrogen-bond donors (Lipinski definition) is 0. The van der Waals surface area contributed by atoms with Gasteiger partial charge in [0.2, 0.25) is 5.41 Å². The fourth-order valence-electron chi connectivity index (χ4n) is 7.54. The zero-order valence-corrected chi connectivity index (χ0v) is 38.9. The summed E-state index contributed by atoms with van der Waals surface area (Å²) in [4.78, 5) is 26.3. The third kappa shape index (κ3) is 11.3. The highest BCUT2D eigenvalue weighted by atomic mass is 32.2. The number of carbonyl (C=O) groups excluding carboxylic acids is 2. The van der Waals surface area contributed by atoms with E-state index in [4.69, 9.17) is 13.7 Å². The van der Waals surface area contributed by atoms with Crippen LogP contribution in [0.2, 0.25) is 0 Å². The summed E-state index contributed by atoms with van der Waals surface area (Å²) in [7, 11) is -3.99. The lowest BCUT2D eigenvalue weighted by Gasteiger charge is -2.38. The van der Waals surface area contributed by atoms with Gasteiger partial charge in [0.15, 0.2) is 11.6 Å². The number of halogens is 6. The minimum Gasteiger partial charge on any atom is -0.457 e. The van der Waals surface area contributed by atoms with Crippen molar-refractivity contribution in [3.05, 3.63) is 219 Å². The Morgan fingerprint density at radius 1 is 0.478 bits per heavy atom. The Morgan fingerprint density at radius 2 is 0.826 bits per heavy atom. The number of rotatable bonds is 15. The van der Waals surface area contributed by atoms with E-state index in [9.17, 15) is 44.3 Å². The van der Waals surface area contributed by atoms with Gasteiger partial charge in [-0.05, 0) is 132 Å². The molecule has 14 heteroatoms. The molecule has 69 heavy (non-hydrogen) atoms. The van der Waals surface area contributed by atoms with Crippen LogP contribution in [0.15, 0.2) is 169 Å². The monoisotopic (exact) mass is 964 g/mol. The highest BCUT2D eigenvalue weighted by Gasteiger charge is 2.72. The van der Waals surface area contributed by atoms with E-state index in [1.54, 1.807) is 67.6 Å². The molecule has 356 valence electrons. The molecule has 0 saturated heterocycles. The van der Waals surface area contributed by atoms with Crippen molar-refractivity contribution in [2.75, 3.05) is 6.61 Å². The van der Waals surface area contributed by atoms with Crippen molar-refractivity contribution in [3.8, 4) is 23.0 Å². The van der Waals surface area contributed by atoms with Crippen LogP contribution in [-0.2, 0) is 26.1 Å². The second-order valence-electron chi connectivity index (χ2n) is 17.8. The van der Waals surface area contributed by atoms with Gasteiger partial charge in [-0.1, -0.05) is 111 Å². The van der Waals surface area contributed by atoms with E-state index in [1.165, 1.54) is 48.5 Å². The molecule has 7 aromatic rings. The number of hydrogen-bond acceptors (Lipinski definition) is 7. The Morgan fingerprint density at radius 3 is 1.20 bits per heavy atom. The molecule has 0 bridgehead atoms. The van der Waals surface area contributed by atoms with Gasteiger partial charge in [-0.3, -0.25) is 13.8 Å². The largest absolute Gasteiger partial charge is 0.457 e. The molecule has 7 rings (SSSR count). The Hall–Kier alpha value is -7.03. The third-order valence-corrected chi connectivity index (χ3v) is 12.6. The van der Waals surface area contributed by atoms with Crippen LogP contribution in [0, 0.1) is 19.3 Å². The average molecular weight is 965 g/mol. The molecule has 0 N–H and O–H groups in total. The lowest BCUT2D eigenvalue weighted by Crippen LogP contribution is -2.54. The summed E-state index contributed by atoms with van der Waals surface area (Å²) in [5.74, 6) is -0.286. The standard InChI is InChI=1S/C55H46F6O7S/c1-35-6-12-39(13-7-35)50(62)41-16-24-45(25-17-41)67-47-28-20-43(21-29-47)53(54(56,57)58,55(59,60)61)44-22-30-48(31-23-44)68-46-26-18-42(19-27-46)51(63)40-14-10-37(11-15-40)32-38-9-8-36(2)49(33-38)69(64,65)66-34-52(3,4)5/h6-31,33H,32,34H2,1-5H3. The number of alkyl halides is 6. The lowest BCUT2D eigenvalue weighted by atomic mass is 9.73. The quantitative estimate of drug-likeness (QED) is 0.0574.